The highest BCUT2D eigenvalue weighted by molar-refractivity contribution is 4.85. The molecule has 0 aliphatic heterocycles. The van der Waals surface area contributed by atoms with Crippen molar-refractivity contribution in [1.29, 1.82) is 0 Å². The molecule has 1 atom stereocenters. The standard InChI is InChI=1S/C14H30O5/c1-2-3-5-14(19,6-4-9-15)8-7-13(10-16,11-17)12-18/h15-19H,2-12H2,1H3. The Balaban J connectivity index is 4.53. The van der Waals surface area contributed by atoms with Crippen LogP contribution in [0.3, 0.4) is 0 Å². The average molecular weight is 278 g/mol. The van der Waals surface area contributed by atoms with Crippen LogP contribution in [0.15, 0.2) is 0 Å². The second-order valence-corrected chi connectivity index (χ2v) is 5.63. The summed E-state index contributed by atoms with van der Waals surface area (Å²) in [5.74, 6) is 0. The molecule has 0 heterocycles. The van der Waals surface area contributed by atoms with E-state index in [0.29, 0.717) is 32.1 Å². The summed E-state index contributed by atoms with van der Waals surface area (Å²) >= 11 is 0. The number of hydrogen-bond acceptors (Lipinski definition) is 5. The van der Waals surface area contributed by atoms with Crippen molar-refractivity contribution >= 4 is 0 Å². The summed E-state index contributed by atoms with van der Waals surface area (Å²) in [7, 11) is 0. The Morgan fingerprint density at radius 1 is 0.737 bits per heavy atom. The number of unbranched alkanes of at least 4 members (excludes halogenated alkanes) is 1. The van der Waals surface area contributed by atoms with Crippen molar-refractivity contribution < 1.29 is 25.5 Å². The van der Waals surface area contributed by atoms with E-state index in [1.54, 1.807) is 0 Å². The first-order valence-electron chi connectivity index (χ1n) is 7.17. The van der Waals surface area contributed by atoms with Crippen LogP contribution < -0.4 is 0 Å². The van der Waals surface area contributed by atoms with Crippen LogP contribution >= 0.6 is 0 Å². The number of aliphatic hydroxyl groups is 5. The van der Waals surface area contributed by atoms with Crippen molar-refractivity contribution in [3.05, 3.63) is 0 Å². The van der Waals surface area contributed by atoms with E-state index >= 15 is 0 Å². The van der Waals surface area contributed by atoms with Gasteiger partial charge in [0.05, 0.1) is 25.4 Å². The molecule has 0 amide bonds. The lowest BCUT2D eigenvalue weighted by atomic mass is 9.78. The van der Waals surface area contributed by atoms with Gasteiger partial charge in [0, 0.05) is 12.0 Å². The van der Waals surface area contributed by atoms with Gasteiger partial charge in [0.15, 0.2) is 0 Å². The molecule has 5 heteroatoms. The highest BCUT2D eigenvalue weighted by Crippen LogP contribution is 2.32. The van der Waals surface area contributed by atoms with Crippen LogP contribution in [0.2, 0.25) is 0 Å². The van der Waals surface area contributed by atoms with E-state index in [0.717, 1.165) is 12.8 Å². The molecule has 0 bridgehead atoms. The van der Waals surface area contributed by atoms with Crippen LogP contribution in [-0.2, 0) is 0 Å². The summed E-state index contributed by atoms with van der Waals surface area (Å²) in [5, 5.41) is 47.3. The number of hydrogen-bond donors (Lipinski definition) is 5. The monoisotopic (exact) mass is 278 g/mol. The second kappa shape index (κ2) is 9.66. The van der Waals surface area contributed by atoms with Crippen molar-refractivity contribution in [2.75, 3.05) is 26.4 Å². The van der Waals surface area contributed by atoms with E-state index in [2.05, 4.69) is 0 Å². The summed E-state index contributed by atoms with van der Waals surface area (Å²) in [4.78, 5) is 0. The Hall–Kier alpha value is -0.200. The van der Waals surface area contributed by atoms with E-state index in [1.165, 1.54) is 0 Å². The predicted molar refractivity (Wildman–Crippen MR) is 73.7 cm³/mol. The molecule has 0 aromatic rings. The molecule has 0 aliphatic carbocycles. The molecule has 116 valence electrons. The van der Waals surface area contributed by atoms with Gasteiger partial charge in [-0.15, -0.1) is 0 Å². The van der Waals surface area contributed by atoms with Gasteiger partial charge < -0.3 is 25.5 Å². The molecular formula is C14H30O5. The maximum Gasteiger partial charge on any atom is 0.0649 e. The molecule has 0 aromatic heterocycles. The van der Waals surface area contributed by atoms with Gasteiger partial charge in [0.1, 0.15) is 0 Å². The normalized spacial score (nSPS) is 15.5. The minimum atomic E-state index is -0.931. The Labute approximate surface area is 115 Å². The minimum absolute atomic E-state index is 0.0412. The maximum atomic E-state index is 10.6. The molecule has 5 N–H and O–H groups in total. The smallest absolute Gasteiger partial charge is 0.0649 e. The van der Waals surface area contributed by atoms with Crippen molar-refractivity contribution in [3.63, 3.8) is 0 Å². The Kier molecular flexibility index (Phi) is 9.56. The van der Waals surface area contributed by atoms with Crippen LogP contribution in [0.25, 0.3) is 0 Å². The molecule has 1 unspecified atom stereocenters. The first-order valence-corrected chi connectivity index (χ1v) is 7.17. The van der Waals surface area contributed by atoms with Crippen molar-refractivity contribution in [1.82, 2.24) is 0 Å². The molecule has 0 aliphatic rings. The lowest BCUT2D eigenvalue weighted by Crippen LogP contribution is -2.38. The quantitative estimate of drug-likeness (QED) is 0.356. The van der Waals surface area contributed by atoms with Gasteiger partial charge >= 0.3 is 0 Å². The molecule has 19 heavy (non-hydrogen) atoms. The molecule has 0 spiro atoms. The number of rotatable bonds is 12. The molecule has 5 nitrogen and oxygen atoms in total. The van der Waals surface area contributed by atoms with Gasteiger partial charge in [-0.25, -0.2) is 0 Å². The van der Waals surface area contributed by atoms with Crippen molar-refractivity contribution in [2.24, 2.45) is 5.41 Å². The third-order valence-electron chi connectivity index (χ3n) is 3.92. The van der Waals surface area contributed by atoms with Gasteiger partial charge in [-0.05, 0) is 32.1 Å². The van der Waals surface area contributed by atoms with Crippen molar-refractivity contribution in [2.45, 2.75) is 57.5 Å². The molecule has 0 saturated heterocycles. The van der Waals surface area contributed by atoms with E-state index in [-0.39, 0.29) is 26.4 Å². The zero-order chi connectivity index (χ0) is 14.8. The summed E-state index contributed by atoms with van der Waals surface area (Å²) in [6, 6.07) is 0. The summed E-state index contributed by atoms with van der Waals surface area (Å²) < 4.78 is 0. The van der Waals surface area contributed by atoms with E-state index in [9.17, 15) is 20.4 Å². The third kappa shape index (κ3) is 6.68. The average Bonchev–Trinajstić information content (AvgIpc) is 2.45. The SMILES string of the molecule is CCCCC(O)(CCCO)CCC(CO)(CO)CO. The fraction of sp³-hybridized carbons (Fsp3) is 1.00. The second-order valence-electron chi connectivity index (χ2n) is 5.63. The molecular weight excluding hydrogens is 248 g/mol. The summed E-state index contributed by atoms with van der Waals surface area (Å²) in [6.07, 6.45) is 4.32. The Morgan fingerprint density at radius 3 is 1.68 bits per heavy atom. The molecule has 0 rings (SSSR count). The maximum absolute atomic E-state index is 10.6. The van der Waals surface area contributed by atoms with Crippen LogP contribution in [-0.4, -0.2) is 57.6 Å². The van der Waals surface area contributed by atoms with Gasteiger partial charge in [0.2, 0.25) is 0 Å². The lowest BCUT2D eigenvalue weighted by molar-refractivity contribution is -0.0416. The lowest BCUT2D eigenvalue weighted by Gasteiger charge is -2.34. The van der Waals surface area contributed by atoms with Gasteiger partial charge in [-0.3, -0.25) is 0 Å². The van der Waals surface area contributed by atoms with Crippen LogP contribution in [0.4, 0.5) is 0 Å². The summed E-state index contributed by atoms with van der Waals surface area (Å²) in [6.45, 7) is 1.18. The fourth-order valence-corrected chi connectivity index (χ4v) is 2.17. The zero-order valence-corrected chi connectivity index (χ0v) is 12.0. The van der Waals surface area contributed by atoms with Crippen LogP contribution in [0.5, 0.6) is 0 Å². The first kappa shape index (κ1) is 18.8. The highest BCUT2D eigenvalue weighted by atomic mass is 16.3. The van der Waals surface area contributed by atoms with Gasteiger partial charge in [-0.2, -0.15) is 0 Å². The topological polar surface area (TPSA) is 101 Å². The molecule has 0 saturated carbocycles. The highest BCUT2D eigenvalue weighted by Gasteiger charge is 2.33. The summed E-state index contributed by atoms with van der Waals surface area (Å²) in [5.41, 5.74) is -1.82. The zero-order valence-electron chi connectivity index (χ0n) is 12.0. The Morgan fingerprint density at radius 2 is 1.26 bits per heavy atom. The largest absolute Gasteiger partial charge is 0.396 e. The molecule has 0 radical (unpaired) electrons. The van der Waals surface area contributed by atoms with E-state index < -0.39 is 11.0 Å². The van der Waals surface area contributed by atoms with Gasteiger partial charge in [0.25, 0.3) is 0 Å². The number of aliphatic hydroxyl groups excluding tert-OH is 4. The van der Waals surface area contributed by atoms with E-state index in [4.69, 9.17) is 5.11 Å². The molecule has 0 fully saturated rings. The fourth-order valence-electron chi connectivity index (χ4n) is 2.17. The van der Waals surface area contributed by atoms with E-state index in [1.807, 2.05) is 6.92 Å². The Bertz CT molecular complexity index is 200. The first-order chi connectivity index (χ1) is 9.01. The van der Waals surface area contributed by atoms with Gasteiger partial charge in [-0.1, -0.05) is 19.8 Å². The third-order valence-corrected chi connectivity index (χ3v) is 3.92. The predicted octanol–water partition coefficient (Wildman–Crippen LogP) is 0.424. The minimum Gasteiger partial charge on any atom is -0.396 e. The molecule has 0 aromatic carbocycles. The van der Waals surface area contributed by atoms with Crippen LogP contribution in [0.1, 0.15) is 51.9 Å². The van der Waals surface area contributed by atoms with Crippen molar-refractivity contribution in [3.8, 4) is 0 Å². The van der Waals surface area contributed by atoms with Crippen LogP contribution in [0, 0.1) is 5.41 Å².